The molecule has 0 bridgehead atoms. The number of carbonyl (C=O) groups excluding carboxylic acids is 1. The van der Waals surface area contributed by atoms with E-state index >= 15 is 0 Å². The Balaban J connectivity index is 2.89. The summed E-state index contributed by atoms with van der Waals surface area (Å²) in [7, 11) is 0. The van der Waals surface area contributed by atoms with Gasteiger partial charge in [0.25, 0.3) is 0 Å². The first-order valence-electron chi connectivity index (χ1n) is 3.89. The maximum absolute atomic E-state index is 10.1. The van der Waals surface area contributed by atoms with Crippen molar-refractivity contribution >= 4 is 22.2 Å². The van der Waals surface area contributed by atoms with Crippen LogP contribution in [0, 0.1) is 11.3 Å². The van der Waals surface area contributed by atoms with Gasteiger partial charge in [-0.1, -0.05) is 15.9 Å². The SMILES string of the molecule is N#Cc1cc(Br)cc(CCC=O)c1. The molecule has 0 aliphatic carbocycles. The number of hydrogen-bond donors (Lipinski definition) is 0. The summed E-state index contributed by atoms with van der Waals surface area (Å²) in [6, 6.07) is 7.54. The number of halogens is 1. The first-order chi connectivity index (χ1) is 6.26. The van der Waals surface area contributed by atoms with E-state index in [4.69, 9.17) is 5.26 Å². The fourth-order valence-corrected chi connectivity index (χ4v) is 1.63. The normalized spacial score (nSPS) is 9.23. The van der Waals surface area contributed by atoms with Crippen LogP contribution in [0.4, 0.5) is 0 Å². The lowest BCUT2D eigenvalue weighted by molar-refractivity contribution is -0.107. The van der Waals surface area contributed by atoms with E-state index in [0.717, 1.165) is 16.3 Å². The molecule has 0 atom stereocenters. The minimum absolute atomic E-state index is 0.501. The van der Waals surface area contributed by atoms with Crippen molar-refractivity contribution in [1.82, 2.24) is 0 Å². The monoisotopic (exact) mass is 237 g/mol. The van der Waals surface area contributed by atoms with Gasteiger partial charge in [-0.05, 0) is 30.2 Å². The highest BCUT2D eigenvalue weighted by Gasteiger charge is 1.98. The summed E-state index contributed by atoms with van der Waals surface area (Å²) in [6.07, 6.45) is 2.08. The molecule has 1 rings (SSSR count). The molecule has 0 fully saturated rings. The van der Waals surface area contributed by atoms with Gasteiger partial charge in [0.1, 0.15) is 6.29 Å². The van der Waals surface area contributed by atoms with Crippen molar-refractivity contribution < 1.29 is 4.79 Å². The third-order valence-corrected chi connectivity index (χ3v) is 2.10. The average molecular weight is 238 g/mol. The number of hydrogen-bond acceptors (Lipinski definition) is 2. The Morgan fingerprint density at radius 1 is 1.46 bits per heavy atom. The van der Waals surface area contributed by atoms with Crippen molar-refractivity contribution in [2.45, 2.75) is 12.8 Å². The number of rotatable bonds is 3. The maximum atomic E-state index is 10.1. The van der Waals surface area contributed by atoms with Gasteiger partial charge in [0.05, 0.1) is 11.6 Å². The van der Waals surface area contributed by atoms with E-state index in [1.165, 1.54) is 0 Å². The summed E-state index contributed by atoms with van der Waals surface area (Å²) >= 11 is 3.31. The zero-order chi connectivity index (χ0) is 9.68. The predicted molar refractivity (Wildman–Crippen MR) is 53.2 cm³/mol. The summed E-state index contributed by atoms with van der Waals surface area (Å²) in [5.74, 6) is 0. The summed E-state index contributed by atoms with van der Waals surface area (Å²) in [6.45, 7) is 0. The number of nitrogens with zero attached hydrogens (tertiary/aromatic N) is 1. The van der Waals surface area contributed by atoms with Gasteiger partial charge in [-0.2, -0.15) is 5.26 Å². The van der Waals surface area contributed by atoms with Gasteiger partial charge in [0.15, 0.2) is 0 Å². The summed E-state index contributed by atoms with van der Waals surface area (Å²) in [5, 5.41) is 8.67. The smallest absolute Gasteiger partial charge is 0.120 e. The van der Waals surface area contributed by atoms with E-state index in [9.17, 15) is 4.79 Å². The first-order valence-corrected chi connectivity index (χ1v) is 4.69. The molecule has 0 aliphatic heterocycles. The molecule has 0 unspecified atom stereocenters. The van der Waals surface area contributed by atoms with E-state index < -0.39 is 0 Å². The molecule has 0 saturated carbocycles. The molecule has 0 heterocycles. The van der Waals surface area contributed by atoms with Gasteiger partial charge in [-0.3, -0.25) is 0 Å². The minimum Gasteiger partial charge on any atom is -0.303 e. The van der Waals surface area contributed by atoms with Gasteiger partial charge in [0, 0.05) is 10.9 Å². The second kappa shape index (κ2) is 4.78. The van der Waals surface area contributed by atoms with Crippen molar-refractivity contribution in [3.8, 4) is 6.07 Å². The second-order valence-corrected chi connectivity index (χ2v) is 3.58. The van der Waals surface area contributed by atoms with Crippen molar-refractivity contribution in [3.05, 3.63) is 33.8 Å². The van der Waals surface area contributed by atoms with Crippen LogP contribution in [0.15, 0.2) is 22.7 Å². The minimum atomic E-state index is 0.501. The van der Waals surface area contributed by atoms with E-state index in [1.54, 1.807) is 12.1 Å². The topological polar surface area (TPSA) is 40.9 Å². The lowest BCUT2D eigenvalue weighted by Gasteiger charge is -1.99. The zero-order valence-corrected chi connectivity index (χ0v) is 8.54. The number of carbonyl (C=O) groups is 1. The first kappa shape index (κ1) is 9.94. The lowest BCUT2D eigenvalue weighted by atomic mass is 10.1. The number of aldehydes is 1. The Hall–Kier alpha value is -1.14. The standard InChI is InChI=1S/C10H8BrNO/c11-10-5-8(2-1-3-13)4-9(6-10)7-12/h3-6H,1-2H2. The molecule has 0 aromatic heterocycles. The molecule has 0 radical (unpaired) electrons. The molecule has 0 saturated heterocycles. The summed E-state index contributed by atoms with van der Waals surface area (Å²) in [5.41, 5.74) is 1.63. The van der Waals surface area contributed by atoms with Crippen LogP contribution in [0.5, 0.6) is 0 Å². The van der Waals surface area contributed by atoms with Crippen LogP contribution < -0.4 is 0 Å². The number of nitriles is 1. The predicted octanol–water partition coefficient (Wildman–Crippen LogP) is 2.45. The van der Waals surface area contributed by atoms with E-state index in [0.29, 0.717) is 18.4 Å². The van der Waals surface area contributed by atoms with Gasteiger partial charge in [-0.25, -0.2) is 0 Å². The van der Waals surface area contributed by atoms with Crippen LogP contribution in [0.2, 0.25) is 0 Å². The Morgan fingerprint density at radius 3 is 2.85 bits per heavy atom. The molecular weight excluding hydrogens is 230 g/mol. The van der Waals surface area contributed by atoms with E-state index in [-0.39, 0.29) is 0 Å². The van der Waals surface area contributed by atoms with Gasteiger partial charge < -0.3 is 4.79 Å². The fraction of sp³-hybridized carbons (Fsp3) is 0.200. The third-order valence-electron chi connectivity index (χ3n) is 1.64. The molecule has 66 valence electrons. The van der Waals surface area contributed by atoms with Gasteiger partial charge in [0.2, 0.25) is 0 Å². The largest absolute Gasteiger partial charge is 0.303 e. The highest BCUT2D eigenvalue weighted by atomic mass is 79.9. The van der Waals surface area contributed by atoms with Crippen molar-refractivity contribution in [1.29, 1.82) is 5.26 Å². The van der Waals surface area contributed by atoms with Crippen molar-refractivity contribution in [2.24, 2.45) is 0 Å². The van der Waals surface area contributed by atoms with E-state index in [1.807, 2.05) is 6.07 Å². The zero-order valence-electron chi connectivity index (χ0n) is 6.96. The van der Waals surface area contributed by atoms with Crippen molar-refractivity contribution in [3.63, 3.8) is 0 Å². The molecule has 0 aliphatic rings. The number of benzene rings is 1. The van der Waals surface area contributed by atoms with Crippen LogP contribution in [-0.4, -0.2) is 6.29 Å². The molecule has 0 amide bonds. The van der Waals surface area contributed by atoms with Crippen LogP contribution in [0.3, 0.4) is 0 Å². The lowest BCUT2D eigenvalue weighted by Crippen LogP contribution is -1.87. The highest BCUT2D eigenvalue weighted by Crippen LogP contribution is 2.16. The Kier molecular flexibility index (Phi) is 3.66. The molecule has 3 heteroatoms. The van der Waals surface area contributed by atoms with Crippen molar-refractivity contribution in [2.75, 3.05) is 0 Å². The second-order valence-electron chi connectivity index (χ2n) is 2.67. The summed E-state index contributed by atoms with van der Waals surface area (Å²) in [4.78, 5) is 10.1. The van der Waals surface area contributed by atoms with E-state index in [2.05, 4.69) is 22.0 Å². The molecular formula is C10H8BrNO. The van der Waals surface area contributed by atoms with Gasteiger partial charge in [-0.15, -0.1) is 0 Å². The Bertz CT molecular complexity index is 354. The molecule has 13 heavy (non-hydrogen) atoms. The highest BCUT2D eigenvalue weighted by molar-refractivity contribution is 9.10. The maximum Gasteiger partial charge on any atom is 0.120 e. The van der Waals surface area contributed by atoms with Crippen LogP contribution in [0.1, 0.15) is 17.5 Å². The fourth-order valence-electron chi connectivity index (χ4n) is 1.08. The Labute approximate surface area is 85.3 Å². The van der Waals surface area contributed by atoms with Crippen LogP contribution in [0.25, 0.3) is 0 Å². The quantitative estimate of drug-likeness (QED) is 0.759. The molecule has 0 spiro atoms. The summed E-state index contributed by atoms with van der Waals surface area (Å²) < 4.78 is 0.882. The molecule has 2 nitrogen and oxygen atoms in total. The van der Waals surface area contributed by atoms with Crippen LogP contribution in [-0.2, 0) is 11.2 Å². The molecule has 1 aromatic rings. The third kappa shape index (κ3) is 3.00. The molecule has 1 aromatic carbocycles. The Morgan fingerprint density at radius 2 is 2.23 bits per heavy atom. The molecule has 0 N–H and O–H groups in total. The number of aryl methyl sites for hydroxylation is 1. The van der Waals surface area contributed by atoms with Crippen LogP contribution >= 0.6 is 15.9 Å². The average Bonchev–Trinajstić information content (AvgIpc) is 2.14. The van der Waals surface area contributed by atoms with Gasteiger partial charge >= 0.3 is 0 Å².